The van der Waals surface area contributed by atoms with Crippen molar-refractivity contribution in [2.24, 2.45) is 13.0 Å². The Morgan fingerprint density at radius 1 is 1.50 bits per heavy atom. The molecule has 0 bridgehead atoms. The molecule has 0 spiro atoms. The van der Waals surface area contributed by atoms with Crippen LogP contribution in [0.4, 0.5) is 5.69 Å². The van der Waals surface area contributed by atoms with Gasteiger partial charge in [0.2, 0.25) is 5.91 Å². The number of amides is 1. The quantitative estimate of drug-likeness (QED) is 0.779. The number of anilines is 1. The van der Waals surface area contributed by atoms with E-state index < -0.39 is 0 Å². The number of fused-ring (bicyclic) bond motifs is 1. The van der Waals surface area contributed by atoms with Gasteiger partial charge in [0.1, 0.15) is 0 Å². The number of carbonyl (C=O) groups excluding carboxylic acids is 1. The smallest absolute Gasteiger partial charge is 0.227 e. The van der Waals surface area contributed by atoms with Gasteiger partial charge in [-0.25, -0.2) is 0 Å². The maximum absolute atomic E-state index is 11.9. The third-order valence-electron chi connectivity index (χ3n) is 3.46. The Bertz CT molecular complexity index is 607. The van der Waals surface area contributed by atoms with Gasteiger partial charge in [-0.1, -0.05) is 0 Å². The molecular formula is C13H14ClN3O. The van der Waals surface area contributed by atoms with E-state index in [9.17, 15) is 4.79 Å². The molecule has 4 nitrogen and oxygen atoms in total. The maximum Gasteiger partial charge on any atom is 0.227 e. The number of aryl methyl sites for hydroxylation is 1. The molecule has 1 fully saturated rings. The van der Waals surface area contributed by atoms with E-state index >= 15 is 0 Å². The highest BCUT2D eigenvalue weighted by Gasteiger charge is 2.29. The highest BCUT2D eigenvalue weighted by Crippen LogP contribution is 2.28. The van der Waals surface area contributed by atoms with Crippen LogP contribution in [0.3, 0.4) is 0 Å². The van der Waals surface area contributed by atoms with Gasteiger partial charge in [0.25, 0.3) is 0 Å². The third-order valence-corrected chi connectivity index (χ3v) is 3.90. The number of hydrogen-bond donors (Lipinski definition) is 0. The molecule has 0 radical (unpaired) electrons. The van der Waals surface area contributed by atoms with E-state index in [1.165, 1.54) is 0 Å². The number of halogens is 1. The molecule has 0 aliphatic carbocycles. The summed E-state index contributed by atoms with van der Waals surface area (Å²) in [6.45, 7) is 0.716. The molecule has 0 N–H and O–H groups in total. The molecule has 1 atom stereocenters. The SMILES string of the molecule is Cn1ncc2cc(N3CC(CCl)CC3=O)ccc21. The first-order valence-electron chi connectivity index (χ1n) is 5.97. The summed E-state index contributed by atoms with van der Waals surface area (Å²) in [5, 5.41) is 5.26. The Morgan fingerprint density at radius 3 is 3.06 bits per heavy atom. The molecule has 1 aliphatic heterocycles. The van der Waals surface area contributed by atoms with Crippen molar-refractivity contribution in [1.29, 1.82) is 0 Å². The monoisotopic (exact) mass is 263 g/mol. The van der Waals surface area contributed by atoms with Gasteiger partial charge in [-0.05, 0) is 24.1 Å². The molecule has 3 rings (SSSR count). The summed E-state index contributed by atoms with van der Waals surface area (Å²) in [6, 6.07) is 5.98. The summed E-state index contributed by atoms with van der Waals surface area (Å²) in [7, 11) is 1.91. The molecule has 2 aromatic rings. The van der Waals surface area contributed by atoms with Crippen molar-refractivity contribution in [1.82, 2.24) is 9.78 Å². The predicted molar refractivity (Wildman–Crippen MR) is 71.9 cm³/mol. The van der Waals surface area contributed by atoms with Crippen LogP contribution >= 0.6 is 11.6 Å². The molecule has 1 amide bonds. The normalized spacial score (nSPS) is 20.0. The van der Waals surface area contributed by atoms with Crippen LogP contribution in [-0.4, -0.2) is 28.1 Å². The van der Waals surface area contributed by atoms with Crippen molar-refractivity contribution in [3.05, 3.63) is 24.4 Å². The molecule has 2 heterocycles. The van der Waals surface area contributed by atoms with E-state index in [2.05, 4.69) is 5.10 Å². The minimum Gasteiger partial charge on any atom is -0.312 e. The molecule has 94 valence electrons. The van der Waals surface area contributed by atoms with E-state index in [0.717, 1.165) is 16.6 Å². The molecule has 1 unspecified atom stereocenters. The molecule has 18 heavy (non-hydrogen) atoms. The fraction of sp³-hybridized carbons (Fsp3) is 0.385. The van der Waals surface area contributed by atoms with Crippen LogP contribution in [0.5, 0.6) is 0 Å². The fourth-order valence-corrected chi connectivity index (χ4v) is 2.66. The minimum atomic E-state index is 0.156. The number of hydrogen-bond acceptors (Lipinski definition) is 2. The molecule has 0 saturated carbocycles. The maximum atomic E-state index is 11.9. The zero-order valence-corrected chi connectivity index (χ0v) is 10.9. The summed E-state index contributed by atoms with van der Waals surface area (Å²) in [5.74, 6) is 0.963. The molecular weight excluding hydrogens is 250 g/mol. The van der Waals surface area contributed by atoms with Crippen LogP contribution in [-0.2, 0) is 11.8 Å². The zero-order valence-electron chi connectivity index (χ0n) is 10.1. The van der Waals surface area contributed by atoms with Crippen molar-refractivity contribution in [3.63, 3.8) is 0 Å². The van der Waals surface area contributed by atoms with Crippen molar-refractivity contribution in [2.75, 3.05) is 17.3 Å². The Morgan fingerprint density at radius 2 is 2.33 bits per heavy atom. The number of alkyl halides is 1. The molecule has 1 aromatic heterocycles. The lowest BCUT2D eigenvalue weighted by molar-refractivity contribution is -0.117. The standard InChI is InChI=1S/C13H14ClN3O/c1-16-12-3-2-11(5-10(12)7-15-16)17-8-9(6-14)4-13(17)18/h2-3,5,7,9H,4,6,8H2,1H3. The third kappa shape index (κ3) is 1.77. The van der Waals surface area contributed by atoms with Crippen LogP contribution in [0.25, 0.3) is 10.9 Å². The Labute approximate surface area is 110 Å². The summed E-state index contributed by atoms with van der Waals surface area (Å²) >= 11 is 5.83. The van der Waals surface area contributed by atoms with Gasteiger partial charge in [-0.2, -0.15) is 5.10 Å². The van der Waals surface area contributed by atoms with E-state index in [1.54, 1.807) is 0 Å². The molecule has 1 aliphatic rings. The lowest BCUT2D eigenvalue weighted by Gasteiger charge is -2.16. The highest BCUT2D eigenvalue weighted by molar-refractivity contribution is 6.18. The zero-order chi connectivity index (χ0) is 12.7. The first kappa shape index (κ1) is 11.5. The predicted octanol–water partition coefficient (Wildman–Crippen LogP) is 2.17. The van der Waals surface area contributed by atoms with Gasteiger partial charge in [0.05, 0.1) is 11.7 Å². The number of nitrogens with zero attached hydrogens (tertiary/aromatic N) is 3. The van der Waals surface area contributed by atoms with Gasteiger partial charge in [0, 0.05) is 37.0 Å². The second-order valence-electron chi connectivity index (χ2n) is 4.74. The highest BCUT2D eigenvalue weighted by atomic mass is 35.5. The molecule has 5 heteroatoms. The first-order valence-corrected chi connectivity index (χ1v) is 6.50. The second kappa shape index (κ2) is 4.28. The van der Waals surface area contributed by atoms with Gasteiger partial charge >= 0.3 is 0 Å². The van der Waals surface area contributed by atoms with Gasteiger partial charge < -0.3 is 4.90 Å². The van der Waals surface area contributed by atoms with Gasteiger partial charge in [-0.15, -0.1) is 11.6 Å². The topological polar surface area (TPSA) is 38.1 Å². The summed E-state index contributed by atoms with van der Waals surface area (Å²) < 4.78 is 1.83. The lowest BCUT2D eigenvalue weighted by atomic mass is 10.1. The van der Waals surface area contributed by atoms with Crippen LogP contribution in [0.2, 0.25) is 0 Å². The summed E-state index contributed by atoms with van der Waals surface area (Å²) in [6.07, 6.45) is 2.37. The van der Waals surface area contributed by atoms with E-state index in [-0.39, 0.29) is 11.8 Å². The van der Waals surface area contributed by atoms with Crippen LogP contribution < -0.4 is 4.90 Å². The average molecular weight is 264 g/mol. The average Bonchev–Trinajstić information content (AvgIpc) is 2.93. The largest absolute Gasteiger partial charge is 0.312 e. The van der Waals surface area contributed by atoms with Gasteiger partial charge in [-0.3, -0.25) is 9.48 Å². The Balaban J connectivity index is 1.97. The first-order chi connectivity index (χ1) is 8.69. The number of benzene rings is 1. The minimum absolute atomic E-state index is 0.156. The van der Waals surface area contributed by atoms with Crippen LogP contribution in [0.15, 0.2) is 24.4 Å². The van der Waals surface area contributed by atoms with Crippen molar-refractivity contribution in [2.45, 2.75) is 6.42 Å². The summed E-state index contributed by atoms with van der Waals surface area (Å²) in [4.78, 5) is 13.8. The Kier molecular flexibility index (Phi) is 2.74. The Hall–Kier alpha value is -1.55. The van der Waals surface area contributed by atoms with Crippen molar-refractivity contribution < 1.29 is 4.79 Å². The van der Waals surface area contributed by atoms with E-state index in [0.29, 0.717) is 18.8 Å². The fourth-order valence-electron chi connectivity index (χ4n) is 2.45. The van der Waals surface area contributed by atoms with Crippen LogP contribution in [0, 0.1) is 5.92 Å². The number of rotatable bonds is 2. The van der Waals surface area contributed by atoms with E-state index in [4.69, 9.17) is 11.6 Å². The van der Waals surface area contributed by atoms with Crippen molar-refractivity contribution in [3.8, 4) is 0 Å². The second-order valence-corrected chi connectivity index (χ2v) is 5.05. The van der Waals surface area contributed by atoms with Crippen molar-refractivity contribution >= 4 is 34.1 Å². The number of aromatic nitrogens is 2. The van der Waals surface area contributed by atoms with Gasteiger partial charge in [0.15, 0.2) is 0 Å². The van der Waals surface area contributed by atoms with Crippen LogP contribution in [0.1, 0.15) is 6.42 Å². The molecule has 1 saturated heterocycles. The lowest BCUT2D eigenvalue weighted by Crippen LogP contribution is -2.24. The summed E-state index contributed by atoms with van der Waals surface area (Å²) in [5.41, 5.74) is 2.01. The van der Waals surface area contributed by atoms with E-state index in [1.807, 2.05) is 41.0 Å². The molecule has 1 aromatic carbocycles. The number of carbonyl (C=O) groups is 1.